The molecule has 7 heteroatoms. The van der Waals surface area contributed by atoms with Gasteiger partial charge in [-0.3, -0.25) is 9.48 Å². The first-order valence-corrected chi connectivity index (χ1v) is 5.79. The molecule has 1 amide bonds. The standard InChI is InChI=1S/C11H19N5O2/c1-4-11(3,9(12)15-18)10(17)14-8-6-13-16(5-2)7-8/h6-7,18H,4-5H2,1-3H3,(H2,12,15)(H,14,17). The van der Waals surface area contributed by atoms with E-state index < -0.39 is 5.41 Å². The lowest BCUT2D eigenvalue weighted by atomic mass is 9.85. The zero-order valence-electron chi connectivity index (χ0n) is 10.8. The lowest BCUT2D eigenvalue weighted by Crippen LogP contribution is -2.44. The minimum Gasteiger partial charge on any atom is -0.409 e. The number of nitrogens with two attached hydrogens (primary N) is 1. The number of amidine groups is 1. The average molecular weight is 253 g/mol. The molecule has 0 saturated heterocycles. The Bertz CT molecular complexity index is 454. The van der Waals surface area contributed by atoms with Gasteiger partial charge in [0.25, 0.3) is 0 Å². The van der Waals surface area contributed by atoms with Gasteiger partial charge in [-0.25, -0.2) is 0 Å². The highest BCUT2D eigenvalue weighted by Crippen LogP contribution is 2.23. The molecule has 1 rings (SSSR count). The van der Waals surface area contributed by atoms with Crippen molar-refractivity contribution in [2.75, 3.05) is 5.32 Å². The van der Waals surface area contributed by atoms with Crippen LogP contribution in [0.2, 0.25) is 0 Å². The van der Waals surface area contributed by atoms with Crippen molar-refractivity contribution in [1.29, 1.82) is 0 Å². The Morgan fingerprint density at radius 2 is 2.33 bits per heavy atom. The van der Waals surface area contributed by atoms with E-state index in [2.05, 4.69) is 15.6 Å². The van der Waals surface area contributed by atoms with E-state index in [9.17, 15) is 4.79 Å². The van der Waals surface area contributed by atoms with Gasteiger partial charge in [0.1, 0.15) is 5.41 Å². The first-order chi connectivity index (χ1) is 8.47. The van der Waals surface area contributed by atoms with Crippen molar-refractivity contribution < 1.29 is 10.0 Å². The van der Waals surface area contributed by atoms with Crippen LogP contribution in [0.25, 0.3) is 0 Å². The molecule has 1 atom stereocenters. The van der Waals surface area contributed by atoms with Crippen LogP contribution < -0.4 is 11.1 Å². The minimum absolute atomic E-state index is 0.106. The topological polar surface area (TPSA) is 106 Å². The molecule has 0 fully saturated rings. The number of amides is 1. The highest BCUT2D eigenvalue weighted by Gasteiger charge is 2.36. The van der Waals surface area contributed by atoms with Crippen molar-refractivity contribution in [2.45, 2.75) is 33.7 Å². The Labute approximate surface area is 106 Å². The van der Waals surface area contributed by atoms with Crippen LogP contribution in [-0.4, -0.2) is 26.7 Å². The van der Waals surface area contributed by atoms with E-state index in [-0.39, 0.29) is 11.7 Å². The average Bonchev–Trinajstić information content (AvgIpc) is 2.84. The number of anilines is 1. The quantitative estimate of drug-likeness (QED) is 0.315. The smallest absolute Gasteiger partial charge is 0.238 e. The summed E-state index contributed by atoms with van der Waals surface area (Å²) in [6.07, 6.45) is 3.71. The van der Waals surface area contributed by atoms with Crippen molar-refractivity contribution in [2.24, 2.45) is 16.3 Å². The maximum absolute atomic E-state index is 12.1. The third kappa shape index (κ3) is 2.61. The maximum Gasteiger partial charge on any atom is 0.238 e. The fourth-order valence-corrected chi connectivity index (χ4v) is 1.44. The summed E-state index contributed by atoms with van der Waals surface area (Å²) < 4.78 is 1.70. The molecule has 0 aliphatic rings. The van der Waals surface area contributed by atoms with Crippen molar-refractivity contribution in [1.82, 2.24) is 9.78 Å². The molecule has 0 aliphatic heterocycles. The summed E-state index contributed by atoms with van der Waals surface area (Å²) in [6.45, 7) is 6.10. The van der Waals surface area contributed by atoms with Gasteiger partial charge in [-0.15, -0.1) is 0 Å². The summed E-state index contributed by atoms with van der Waals surface area (Å²) in [6, 6.07) is 0. The maximum atomic E-state index is 12.1. The van der Waals surface area contributed by atoms with E-state index in [0.29, 0.717) is 12.1 Å². The molecule has 18 heavy (non-hydrogen) atoms. The normalized spacial score (nSPS) is 15.2. The molecule has 0 aliphatic carbocycles. The Hall–Kier alpha value is -2.05. The molecule has 0 spiro atoms. The number of oxime groups is 1. The molecule has 7 nitrogen and oxygen atoms in total. The number of nitrogens with zero attached hydrogens (tertiary/aromatic N) is 3. The van der Waals surface area contributed by atoms with E-state index in [4.69, 9.17) is 10.9 Å². The van der Waals surface area contributed by atoms with E-state index in [1.54, 1.807) is 30.9 Å². The monoisotopic (exact) mass is 253 g/mol. The van der Waals surface area contributed by atoms with Crippen LogP contribution in [0.5, 0.6) is 0 Å². The molecule has 1 heterocycles. The third-order valence-corrected chi connectivity index (χ3v) is 3.10. The summed E-state index contributed by atoms with van der Waals surface area (Å²) >= 11 is 0. The van der Waals surface area contributed by atoms with Gasteiger partial charge >= 0.3 is 0 Å². The van der Waals surface area contributed by atoms with E-state index >= 15 is 0 Å². The molecule has 1 aromatic heterocycles. The number of carbonyl (C=O) groups excluding carboxylic acids is 1. The van der Waals surface area contributed by atoms with Gasteiger partial charge in [0.2, 0.25) is 5.91 Å². The van der Waals surface area contributed by atoms with Crippen LogP contribution in [0, 0.1) is 5.41 Å². The number of aryl methyl sites for hydroxylation is 1. The third-order valence-electron chi connectivity index (χ3n) is 3.10. The predicted octanol–water partition coefficient (Wildman–Crippen LogP) is 1.00. The summed E-state index contributed by atoms with van der Waals surface area (Å²) in [5.41, 5.74) is 5.12. The largest absolute Gasteiger partial charge is 0.409 e. The second kappa shape index (κ2) is 5.52. The molecular weight excluding hydrogens is 234 g/mol. The molecule has 4 N–H and O–H groups in total. The summed E-state index contributed by atoms with van der Waals surface area (Å²) in [4.78, 5) is 12.1. The molecule has 0 saturated carbocycles. The van der Waals surface area contributed by atoms with Gasteiger partial charge in [-0.2, -0.15) is 5.10 Å². The van der Waals surface area contributed by atoms with Gasteiger partial charge < -0.3 is 16.3 Å². The van der Waals surface area contributed by atoms with E-state index in [0.717, 1.165) is 6.54 Å². The predicted molar refractivity (Wildman–Crippen MR) is 68.3 cm³/mol. The van der Waals surface area contributed by atoms with Gasteiger partial charge in [0, 0.05) is 12.7 Å². The second-order valence-corrected chi connectivity index (χ2v) is 4.21. The van der Waals surface area contributed by atoms with Crippen molar-refractivity contribution in [3.8, 4) is 0 Å². The zero-order chi connectivity index (χ0) is 13.8. The summed E-state index contributed by atoms with van der Waals surface area (Å²) in [7, 11) is 0. The fourth-order valence-electron chi connectivity index (χ4n) is 1.44. The molecule has 1 aromatic rings. The first-order valence-electron chi connectivity index (χ1n) is 5.79. The van der Waals surface area contributed by atoms with Gasteiger partial charge in [0.05, 0.1) is 11.9 Å². The van der Waals surface area contributed by atoms with Gasteiger partial charge in [-0.1, -0.05) is 12.1 Å². The first kappa shape index (κ1) is 14.0. The van der Waals surface area contributed by atoms with Crippen LogP contribution in [0.15, 0.2) is 17.5 Å². The van der Waals surface area contributed by atoms with Gasteiger partial charge in [0.15, 0.2) is 5.84 Å². The van der Waals surface area contributed by atoms with E-state index in [1.165, 1.54) is 0 Å². The summed E-state index contributed by atoms with van der Waals surface area (Å²) in [5, 5.41) is 18.4. The fraction of sp³-hybridized carbons (Fsp3) is 0.545. The Morgan fingerprint density at radius 1 is 1.67 bits per heavy atom. The lowest BCUT2D eigenvalue weighted by Gasteiger charge is -2.24. The van der Waals surface area contributed by atoms with Crippen LogP contribution in [-0.2, 0) is 11.3 Å². The van der Waals surface area contributed by atoms with E-state index in [1.807, 2.05) is 6.92 Å². The number of hydrogen-bond acceptors (Lipinski definition) is 4. The van der Waals surface area contributed by atoms with Gasteiger partial charge in [-0.05, 0) is 20.3 Å². The van der Waals surface area contributed by atoms with Crippen molar-refractivity contribution >= 4 is 17.4 Å². The molecule has 0 radical (unpaired) electrons. The van der Waals surface area contributed by atoms with Crippen LogP contribution >= 0.6 is 0 Å². The SMILES string of the molecule is CCn1cc(NC(=O)C(C)(CC)/C(N)=N/O)cn1. The molecule has 1 unspecified atom stereocenters. The van der Waals surface area contributed by atoms with Crippen molar-refractivity contribution in [3.05, 3.63) is 12.4 Å². The molecular formula is C11H19N5O2. The number of aromatic nitrogens is 2. The lowest BCUT2D eigenvalue weighted by molar-refractivity contribution is -0.121. The molecule has 0 aromatic carbocycles. The zero-order valence-corrected chi connectivity index (χ0v) is 10.8. The Kier molecular flexibility index (Phi) is 4.30. The highest BCUT2D eigenvalue weighted by atomic mass is 16.4. The number of hydrogen-bond donors (Lipinski definition) is 3. The number of rotatable bonds is 5. The minimum atomic E-state index is -1.04. The Balaban J connectivity index is 2.86. The molecule has 0 bridgehead atoms. The van der Waals surface area contributed by atoms with Crippen molar-refractivity contribution in [3.63, 3.8) is 0 Å². The van der Waals surface area contributed by atoms with Crippen LogP contribution in [0.4, 0.5) is 5.69 Å². The number of carbonyl (C=O) groups is 1. The second-order valence-electron chi connectivity index (χ2n) is 4.21. The van der Waals surface area contributed by atoms with Crippen LogP contribution in [0.3, 0.4) is 0 Å². The molecule has 100 valence electrons. The summed E-state index contributed by atoms with van der Waals surface area (Å²) in [5.74, 6) is -0.429. The number of nitrogens with one attached hydrogen (secondary N) is 1. The highest BCUT2D eigenvalue weighted by molar-refractivity contribution is 6.11. The van der Waals surface area contributed by atoms with Crippen LogP contribution in [0.1, 0.15) is 27.2 Å². The Morgan fingerprint density at radius 3 is 2.78 bits per heavy atom.